The third-order valence-electron chi connectivity index (χ3n) is 10.8. The third kappa shape index (κ3) is 10.2. The maximum atomic E-state index is 14.3. The summed E-state index contributed by atoms with van der Waals surface area (Å²) in [5.41, 5.74) is 2.47. The highest BCUT2D eigenvalue weighted by atomic mass is 32.2. The molecule has 3 aromatic carbocycles. The predicted molar refractivity (Wildman–Crippen MR) is 215 cm³/mol. The van der Waals surface area contributed by atoms with Crippen molar-refractivity contribution >= 4 is 39.3 Å². The highest BCUT2D eigenvalue weighted by molar-refractivity contribution is 8.00. The summed E-state index contributed by atoms with van der Waals surface area (Å²) in [6.07, 6.45) is -0.969. The van der Waals surface area contributed by atoms with Crippen LogP contribution in [0.4, 0.5) is 18.9 Å². The molecule has 1 atom stereocenters. The van der Waals surface area contributed by atoms with Crippen molar-refractivity contribution in [3.63, 3.8) is 0 Å². The second-order valence-corrected chi connectivity index (χ2v) is 18.0. The van der Waals surface area contributed by atoms with Gasteiger partial charge in [-0.25, -0.2) is 8.42 Å². The van der Waals surface area contributed by atoms with E-state index in [0.717, 1.165) is 68.5 Å². The molecule has 12 nitrogen and oxygen atoms in total. The number of nitrogens with zero attached hydrogens (tertiary/aromatic N) is 5. The summed E-state index contributed by atoms with van der Waals surface area (Å²) in [6, 6.07) is 20.2. The van der Waals surface area contributed by atoms with Gasteiger partial charge < -0.3 is 25.0 Å². The third-order valence-corrected chi connectivity index (χ3v) is 13.1. The molecular formula is C41H47F3N6O6S2. The molecule has 0 saturated carbocycles. The normalized spacial score (nSPS) is 17.7. The fraction of sp³-hybridized carbons (Fsp3) is 0.439. The van der Waals surface area contributed by atoms with E-state index in [9.17, 15) is 36.3 Å². The van der Waals surface area contributed by atoms with Crippen molar-refractivity contribution in [3.8, 4) is 17.0 Å². The molecule has 0 bridgehead atoms. The summed E-state index contributed by atoms with van der Waals surface area (Å²) >= 11 is 0.741. The summed E-state index contributed by atoms with van der Waals surface area (Å²) in [7, 11) is -3.60. The van der Waals surface area contributed by atoms with Gasteiger partial charge in [-0.2, -0.15) is 22.6 Å². The highest BCUT2D eigenvalue weighted by Crippen LogP contribution is 2.40. The van der Waals surface area contributed by atoms with E-state index < -0.39 is 33.8 Å². The van der Waals surface area contributed by atoms with Crippen LogP contribution in [0, 0.1) is 0 Å². The van der Waals surface area contributed by atoms with Gasteiger partial charge in [0.15, 0.2) is 0 Å². The van der Waals surface area contributed by atoms with Gasteiger partial charge in [-0.05, 0) is 61.2 Å². The Bertz CT molecular complexity index is 2200. The van der Waals surface area contributed by atoms with Crippen LogP contribution in [0.2, 0.25) is 0 Å². The van der Waals surface area contributed by atoms with Crippen LogP contribution in [0.25, 0.3) is 11.3 Å². The summed E-state index contributed by atoms with van der Waals surface area (Å²) in [4.78, 5) is 29.2. The Labute approximate surface area is 340 Å². The lowest BCUT2D eigenvalue weighted by molar-refractivity contribution is -0.139. The van der Waals surface area contributed by atoms with E-state index in [1.54, 1.807) is 28.9 Å². The molecule has 1 aromatic heterocycles. The number of hydrogen-bond acceptors (Lipinski definition) is 9. The number of aromatic nitrogens is 2. The van der Waals surface area contributed by atoms with E-state index in [1.165, 1.54) is 16.4 Å². The Kier molecular flexibility index (Phi) is 12.8. The molecule has 0 spiro atoms. The van der Waals surface area contributed by atoms with E-state index >= 15 is 0 Å². The molecule has 2 saturated heterocycles. The monoisotopic (exact) mass is 840 g/mol. The molecule has 0 aliphatic carbocycles. The number of ether oxygens (including phenoxy) is 1. The zero-order valence-corrected chi connectivity index (χ0v) is 33.8. The smallest absolute Gasteiger partial charge is 0.417 e. The van der Waals surface area contributed by atoms with Crippen molar-refractivity contribution in [1.82, 2.24) is 23.9 Å². The van der Waals surface area contributed by atoms with Gasteiger partial charge in [0.25, 0.3) is 0 Å². The fourth-order valence-corrected chi connectivity index (χ4v) is 9.59. The number of anilines is 1. The Morgan fingerprint density at radius 2 is 1.74 bits per heavy atom. The second-order valence-electron chi connectivity index (χ2n) is 15.0. The zero-order chi connectivity index (χ0) is 41.0. The molecule has 2 N–H and O–H groups in total. The van der Waals surface area contributed by atoms with E-state index in [0.29, 0.717) is 59.9 Å². The lowest BCUT2D eigenvalue weighted by Crippen LogP contribution is -2.47. The van der Waals surface area contributed by atoms with Gasteiger partial charge in [0, 0.05) is 85.6 Å². The number of nitrogens with one attached hydrogen (secondary N) is 1. The van der Waals surface area contributed by atoms with E-state index in [4.69, 9.17) is 9.84 Å². The van der Waals surface area contributed by atoms with Crippen molar-refractivity contribution in [2.75, 3.05) is 50.0 Å². The number of β-amino-alcohol motifs (C(OH)–C–C–N with tert-alkyl or cyclic N) is 1. The first-order valence-corrected chi connectivity index (χ1v) is 22.2. The van der Waals surface area contributed by atoms with Gasteiger partial charge in [0.2, 0.25) is 21.8 Å². The van der Waals surface area contributed by atoms with Crippen LogP contribution in [0.1, 0.15) is 48.1 Å². The van der Waals surface area contributed by atoms with Crippen molar-refractivity contribution in [2.24, 2.45) is 0 Å². The van der Waals surface area contributed by atoms with Crippen molar-refractivity contribution in [3.05, 3.63) is 95.2 Å². The minimum absolute atomic E-state index is 0.0235. The molecule has 3 aliphatic heterocycles. The van der Waals surface area contributed by atoms with Crippen molar-refractivity contribution in [2.45, 2.75) is 75.0 Å². The first-order chi connectivity index (χ1) is 27.7. The number of likely N-dealkylation sites (tertiary alicyclic amines) is 2. The van der Waals surface area contributed by atoms with Crippen molar-refractivity contribution < 1.29 is 41.0 Å². The van der Waals surface area contributed by atoms with Crippen LogP contribution in [0.5, 0.6) is 5.75 Å². The van der Waals surface area contributed by atoms with Gasteiger partial charge >= 0.3 is 6.18 Å². The van der Waals surface area contributed by atoms with Crippen LogP contribution in [0.15, 0.2) is 77.7 Å². The number of fused-ring (bicyclic) bond motifs is 1. The number of sulfonamides is 1. The SMILES string of the molecule is CS(=O)(=O)N1CCc2c(c(-c3ccc(C(F)(F)F)c(SCC(=O)Nc4ccc(OCc5ccccc5)cc4)c3)nn2CC(O)CN2CCC(N3CCCC3=O)CC2)C1. The largest absolute Gasteiger partial charge is 0.489 e. The summed E-state index contributed by atoms with van der Waals surface area (Å²) in [5.74, 6) is -0.0195. The highest BCUT2D eigenvalue weighted by Gasteiger charge is 2.36. The van der Waals surface area contributed by atoms with Crippen LogP contribution in [-0.2, 0) is 51.9 Å². The summed E-state index contributed by atoms with van der Waals surface area (Å²) in [6.45, 7) is 3.28. The Morgan fingerprint density at radius 1 is 1.00 bits per heavy atom. The maximum absolute atomic E-state index is 14.3. The molecule has 2 amide bonds. The van der Waals surface area contributed by atoms with Crippen molar-refractivity contribution in [1.29, 1.82) is 0 Å². The zero-order valence-electron chi connectivity index (χ0n) is 32.2. The molecule has 17 heteroatoms. The number of carbonyl (C=O) groups excluding carboxylic acids is 2. The van der Waals surface area contributed by atoms with Crippen LogP contribution < -0.4 is 10.1 Å². The topological polar surface area (TPSA) is 137 Å². The number of benzene rings is 3. The Morgan fingerprint density at radius 3 is 2.41 bits per heavy atom. The molecule has 310 valence electrons. The van der Waals surface area contributed by atoms with Gasteiger partial charge in [-0.1, -0.05) is 36.4 Å². The van der Waals surface area contributed by atoms with Crippen LogP contribution >= 0.6 is 11.8 Å². The van der Waals surface area contributed by atoms with E-state index in [1.807, 2.05) is 35.2 Å². The van der Waals surface area contributed by atoms with Crippen LogP contribution in [-0.4, -0.2) is 106 Å². The maximum Gasteiger partial charge on any atom is 0.417 e. The first kappa shape index (κ1) is 41.7. The average Bonchev–Trinajstić information content (AvgIpc) is 3.79. The van der Waals surface area contributed by atoms with Gasteiger partial charge in [0.05, 0.1) is 35.9 Å². The summed E-state index contributed by atoms with van der Waals surface area (Å²) < 4.78 is 76.9. The average molecular weight is 841 g/mol. The minimum atomic E-state index is -4.71. The number of amides is 2. The van der Waals surface area contributed by atoms with E-state index in [2.05, 4.69) is 10.2 Å². The molecule has 3 aliphatic rings. The number of aliphatic hydroxyl groups excluding tert-OH is 1. The number of alkyl halides is 3. The molecule has 4 aromatic rings. The predicted octanol–water partition coefficient (Wildman–Crippen LogP) is 5.64. The first-order valence-electron chi connectivity index (χ1n) is 19.4. The van der Waals surface area contributed by atoms with Gasteiger partial charge in [0.1, 0.15) is 12.4 Å². The lowest BCUT2D eigenvalue weighted by atomic mass is 10.0. The number of rotatable bonds is 14. The molecule has 7 rings (SSSR count). The minimum Gasteiger partial charge on any atom is -0.489 e. The number of halogens is 3. The quantitative estimate of drug-likeness (QED) is 0.155. The number of thioether (sulfide) groups is 1. The number of aliphatic hydroxyl groups is 1. The number of piperidine rings is 1. The molecular weight excluding hydrogens is 794 g/mol. The number of carbonyl (C=O) groups is 2. The summed E-state index contributed by atoms with van der Waals surface area (Å²) in [5, 5.41) is 18.8. The number of hydrogen-bond donors (Lipinski definition) is 2. The standard InChI is InChI=1S/C41H47F3N6O6S2/c1-58(54,55)48-21-17-36-34(25-48)40(46-50(36)24-32(51)23-47-19-15-31(16-20-47)49-18-5-8-39(49)53)29-9-14-35(41(42,43)44)37(22-29)57-27-38(52)45-30-10-12-33(13-11-30)56-26-28-6-3-2-4-7-28/h2-4,6-7,9-14,22,31-32,51H,5,8,15-21,23-27H2,1H3,(H,45,52). The Balaban J connectivity index is 1.05. The molecule has 2 fully saturated rings. The molecule has 1 unspecified atom stereocenters. The fourth-order valence-electron chi connectivity index (χ4n) is 7.90. The van der Waals surface area contributed by atoms with Gasteiger partial charge in [-0.3, -0.25) is 14.3 Å². The molecule has 0 radical (unpaired) electrons. The lowest BCUT2D eigenvalue weighted by Gasteiger charge is -2.37. The van der Waals surface area contributed by atoms with E-state index in [-0.39, 0.29) is 42.2 Å². The Hall–Kier alpha value is -4.42. The van der Waals surface area contributed by atoms with Crippen LogP contribution in [0.3, 0.4) is 0 Å². The molecule has 58 heavy (non-hydrogen) atoms. The second kappa shape index (κ2) is 17.8. The molecule has 4 heterocycles. The van der Waals surface area contributed by atoms with Gasteiger partial charge in [-0.15, -0.1) is 11.8 Å².